The van der Waals surface area contributed by atoms with Crippen LogP contribution in [0.1, 0.15) is 31.3 Å². The Labute approximate surface area is 172 Å². The van der Waals surface area contributed by atoms with Crippen LogP contribution in [0.5, 0.6) is 0 Å². The first-order chi connectivity index (χ1) is 13.5. The molecule has 6 nitrogen and oxygen atoms in total. The lowest BCUT2D eigenvalue weighted by Crippen LogP contribution is -2.30. The predicted octanol–water partition coefficient (Wildman–Crippen LogP) is 4.97. The van der Waals surface area contributed by atoms with Gasteiger partial charge < -0.3 is 9.84 Å². The van der Waals surface area contributed by atoms with Gasteiger partial charge in [0.15, 0.2) is 0 Å². The van der Waals surface area contributed by atoms with Crippen molar-refractivity contribution in [2.24, 2.45) is 5.92 Å². The monoisotopic (exact) mass is 416 g/mol. The number of hydrogen-bond acceptors (Lipinski definition) is 5. The van der Waals surface area contributed by atoms with Gasteiger partial charge in [-0.2, -0.15) is 4.98 Å². The van der Waals surface area contributed by atoms with Gasteiger partial charge in [-0.25, -0.2) is 0 Å². The molecule has 2 aromatic heterocycles. The fourth-order valence-electron chi connectivity index (χ4n) is 2.50. The Morgan fingerprint density at radius 1 is 1.21 bits per heavy atom. The Kier molecular flexibility index (Phi) is 6.44. The number of halogens is 2. The number of hydrogen-bond donors (Lipinski definition) is 1. The summed E-state index contributed by atoms with van der Waals surface area (Å²) in [7, 11) is 0. The molecule has 0 spiro atoms. The summed E-state index contributed by atoms with van der Waals surface area (Å²) in [6.07, 6.45) is 6.32. The van der Waals surface area contributed by atoms with Crippen LogP contribution in [0.15, 0.2) is 53.3 Å². The Balaban J connectivity index is 1.75. The molecule has 3 rings (SSSR count). The second kappa shape index (κ2) is 8.99. The zero-order valence-electron chi connectivity index (χ0n) is 15.3. The van der Waals surface area contributed by atoms with E-state index < -0.39 is 6.04 Å². The van der Waals surface area contributed by atoms with Crippen molar-refractivity contribution in [2.45, 2.75) is 19.9 Å². The van der Waals surface area contributed by atoms with Crippen LogP contribution in [0.25, 0.3) is 17.5 Å². The second-order valence-electron chi connectivity index (χ2n) is 6.40. The standard InChI is InChI=1S/C20H18Cl2N4O2/c1-12(2)18(20-25-19(26-28-20)14-6-4-10-23-11-14)24-16(27)9-8-13-5-3-7-15(21)17(13)22/h3-12,18H,1-2H3,(H,24,27)/b9-8+. The smallest absolute Gasteiger partial charge is 0.249 e. The summed E-state index contributed by atoms with van der Waals surface area (Å²) >= 11 is 12.1. The lowest BCUT2D eigenvalue weighted by atomic mass is 10.0. The van der Waals surface area contributed by atoms with Crippen molar-refractivity contribution in [3.8, 4) is 11.4 Å². The number of benzene rings is 1. The number of amides is 1. The third-order valence-electron chi connectivity index (χ3n) is 3.99. The molecule has 0 aliphatic heterocycles. The van der Waals surface area contributed by atoms with Gasteiger partial charge in [0.2, 0.25) is 17.6 Å². The number of carbonyl (C=O) groups excluding carboxylic acids is 1. The topological polar surface area (TPSA) is 80.9 Å². The summed E-state index contributed by atoms with van der Waals surface area (Å²) in [4.78, 5) is 20.9. The molecule has 8 heteroatoms. The van der Waals surface area contributed by atoms with Gasteiger partial charge in [-0.15, -0.1) is 0 Å². The molecule has 144 valence electrons. The molecule has 1 N–H and O–H groups in total. The molecule has 2 heterocycles. The number of carbonyl (C=O) groups is 1. The van der Waals surface area contributed by atoms with E-state index in [2.05, 4.69) is 20.4 Å². The van der Waals surface area contributed by atoms with Crippen LogP contribution < -0.4 is 5.32 Å². The molecule has 3 aromatic rings. The molecule has 0 radical (unpaired) electrons. The lowest BCUT2D eigenvalue weighted by molar-refractivity contribution is -0.117. The fourth-order valence-corrected chi connectivity index (χ4v) is 2.87. The summed E-state index contributed by atoms with van der Waals surface area (Å²) in [6.45, 7) is 3.91. The van der Waals surface area contributed by atoms with Gasteiger partial charge in [-0.3, -0.25) is 9.78 Å². The molecular weight excluding hydrogens is 399 g/mol. The quantitative estimate of drug-likeness (QED) is 0.573. The van der Waals surface area contributed by atoms with Gasteiger partial charge in [-0.1, -0.05) is 54.3 Å². The van der Waals surface area contributed by atoms with Crippen LogP contribution in [0.2, 0.25) is 10.0 Å². The highest BCUT2D eigenvalue weighted by Crippen LogP contribution is 2.27. The van der Waals surface area contributed by atoms with Gasteiger partial charge >= 0.3 is 0 Å². The molecular formula is C20H18Cl2N4O2. The van der Waals surface area contributed by atoms with Crippen molar-refractivity contribution in [1.82, 2.24) is 20.4 Å². The minimum absolute atomic E-state index is 0.0364. The van der Waals surface area contributed by atoms with Crippen LogP contribution in [0.4, 0.5) is 0 Å². The molecule has 0 bridgehead atoms. The van der Waals surface area contributed by atoms with Gasteiger partial charge in [0, 0.05) is 24.0 Å². The summed E-state index contributed by atoms with van der Waals surface area (Å²) in [6, 6.07) is 8.41. The number of nitrogens with zero attached hydrogens (tertiary/aromatic N) is 3. The van der Waals surface area contributed by atoms with E-state index >= 15 is 0 Å². The van der Waals surface area contributed by atoms with Crippen LogP contribution in [-0.2, 0) is 4.79 Å². The van der Waals surface area contributed by atoms with Crippen molar-refractivity contribution >= 4 is 35.2 Å². The maximum atomic E-state index is 12.4. The summed E-state index contributed by atoms with van der Waals surface area (Å²) < 4.78 is 5.37. The Hall–Kier alpha value is -2.70. The molecule has 1 aromatic carbocycles. The van der Waals surface area contributed by atoms with Crippen LogP contribution in [-0.4, -0.2) is 21.0 Å². The average Bonchev–Trinajstić information content (AvgIpc) is 3.17. The molecule has 0 saturated carbocycles. The van der Waals surface area contributed by atoms with Crippen LogP contribution >= 0.6 is 23.2 Å². The first kappa shape index (κ1) is 20.0. The van der Waals surface area contributed by atoms with Gasteiger partial charge in [0.25, 0.3) is 0 Å². The third kappa shape index (κ3) is 4.77. The zero-order valence-corrected chi connectivity index (χ0v) is 16.8. The van der Waals surface area contributed by atoms with E-state index in [-0.39, 0.29) is 11.8 Å². The Bertz CT molecular complexity index is 987. The Morgan fingerprint density at radius 2 is 2.04 bits per heavy atom. The van der Waals surface area contributed by atoms with E-state index in [9.17, 15) is 4.79 Å². The second-order valence-corrected chi connectivity index (χ2v) is 7.19. The number of pyridine rings is 1. The van der Waals surface area contributed by atoms with Crippen molar-refractivity contribution in [2.75, 3.05) is 0 Å². The molecule has 0 saturated heterocycles. The largest absolute Gasteiger partial charge is 0.340 e. The summed E-state index contributed by atoms with van der Waals surface area (Å²) in [5.41, 5.74) is 1.39. The first-order valence-corrected chi connectivity index (χ1v) is 9.38. The SMILES string of the molecule is CC(C)C(NC(=O)/C=C/c1cccc(Cl)c1Cl)c1nc(-c2cccnc2)no1. The molecule has 0 fully saturated rings. The lowest BCUT2D eigenvalue weighted by Gasteiger charge is -2.17. The molecule has 1 amide bonds. The van der Waals surface area contributed by atoms with E-state index in [1.165, 1.54) is 6.08 Å². The number of aromatic nitrogens is 3. The average molecular weight is 417 g/mol. The normalized spacial score (nSPS) is 12.5. The maximum absolute atomic E-state index is 12.4. The third-order valence-corrected chi connectivity index (χ3v) is 4.82. The first-order valence-electron chi connectivity index (χ1n) is 8.62. The number of rotatable bonds is 6. The van der Waals surface area contributed by atoms with Gasteiger partial charge in [0.1, 0.15) is 6.04 Å². The molecule has 28 heavy (non-hydrogen) atoms. The van der Waals surface area contributed by atoms with Crippen molar-refractivity contribution < 1.29 is 9.32 Å². The minimum atomic E-state index is -0.440. The van der Waals surface area contributed by atoms with Gasteiger partial charge in [0.05, 0.1) is 10.0 Å². The van der Waals surface area contributed by atoms with E-state index in [0.29, 0.717) is 27.3 Å². The van der Waals surface area contributed by atoms with E-state index in [4.69, 9.17) is 27.7 Å². The van der Waals surface area contributed by atoms with E-state index in [1.807, 2.05) is 19.9 Å². The summed E-state index contributed by atoms with van der Waals surface area (Å²) in [5, 5.41) is 7.70. The fraction of sp³-hybridized carbons (Fsp3) is 0.200. The highest BCUT2D eigenvalue weighted by molar-refractivity contribution is 6.42. The molecule has 1 unspecified atom stereocenters. The highest BCUT2D eigenvalue weighted by Gasteiger charge is 2.24. The maximum Gasteiger partial charge on any atom is 0.249 e. The zero-order chi connectivity index (χ0) is 20.1. The van der Waals surface area contributed by atoms with Crippen molar-refractivity contribution in [3.63, 3.8) is 0 Å². The van der Waals surface area contributed by atoms with Crippen molar-refractivity contribution in [1.29, 1.82) is 0 Å². The minimum Gasteiger partial charge on any atom is -0.340 e. The summed E-state index contributed by atoms with van der Waals surface area (Å²) in [5.74, 6) is 0.478. The number of nitrogens with one attached hydrogen (secondary N) is 1. The molecule has 1 atom stereocenters. The van der Waals surface area contributed by atoms with E-state index in [0.717, 1.165) is 5.56 Å². The Morgan fingerprint density at radius 3 is 2.75 bits per heavy atom. The van der Waals surface area contributed by atoms with Gasteiger partial charge in [-0.05, 0) is 35.8 Å². The van der Waals surface area contributed by atoms with Crippen molar-refractivity contribution in [3.05, 3.63) is 70.3 Å². The predicted molar refractivity (Wildman–Crippen MR) is 109 cm³/mol. The van der Waals surface area contributed by atoms with Crippen LogP contribution in [0.3, 0.4) is 0 Å². The van der Waals surface area contributed by atoms with E-state index in [1.54, 1.807) is 42.7 Å². The van der Waals surface area contributed by atoms with Crippen LogP contribution in [0, 0.1) is 5.92 Å². The highest BCUT2D eigenvalue weighted by atomic mass is 35.5. The molecule has 0 aliphatic carbocycles. The molecule has 0 aliphatic rings.